The highest BCUT2D eigenvalue weighted by atomic mass is 35.5. The van der Waals surface area contributed by atoms with E-state index in [0.717, 1.165) is 5.56 Å². The van der Waals surface area contributed by atoms with Crippen LogP contribution in [0.25, 0.3) is 0 Å². The highest BCUT2D eigenvalue weighted by Gasteiger charge is 2.20. The fourth-order valence-corrected chi connectivity index (χ4v) is 2.58. The van der Waals surface area contributed by atoms with Crippen LogP contribution < -0.4 is 5.32 Å². The molecule has 2 heterocycles. The Labute approximate surface area is 144 Å². The van der Waals surface area contributed by atoms with Gasteiger partial charge in [0.1, 0.15) is 12.7 Å². The van der Waals surface area contributed by atoms with Gasteiger partial charge in [0.15, 0.2) is 5.69 Å². The fourth-order valence-electron chi connectivity index (χ4n) is 2.41. The molecule has 0 fully saturated rings. The highest BCUT2D eigenvalue weighted by Crippen LogP contribution is 2.21. The number of halogens is 1. The maximum absolute atomic E-state index is 12.5. The van der Waals surface area contributed by atoms with Crippen LogP contribution in [0.3, 0.4) is 0 Å². The molecule has 0 aliphatic heterocycles. The smallest absolute Gasteiger partial charge is 0.273 e. The first-order valence-electron chi connectivity index (χ1n) is 7.54. The Morgan fingerprint density at radius 3 is 2.79 bits per heavy atom. The van der Waals surface area contributed by atoms with Crippen molar-refractivity contribution in [3.8, 4) is 0 Å². The summed E-state index contributed by atoms with van der Waals surface area (Å²) in [5, 5.41) is 14.1. The molecule has 2 aromatic heterocycles. The third-order valence-electron chi connectivity index (χ3n) is 3.71. The van der Waals surface area contributed by atoms with Gasteiger partial charge in [-0.25, -0.2) is 4.98 Å². The van der Waals surface area contributed by atoms with Gasteiger partial charge in [-0.05, 0) is 18.9 Å². The van der Waals surface area contributed by atoms with Gasteiger partial charge in [0.25, 0.3) is 5.91 Å². The third-order valence-corrected chi connectivity index (χ3v) is 4.17. The first kappa shape index (κ1) is 16.2. The molecular weight excluding hydrogens is 328 g/mol. The van der Waals surface area contributed by atoms with Crippen LogP contribution in [0.15, 0.2) is 43.0 Å². The Hall–Kier alpha value is -2.67. The number of aryl methyl sites for hydroxylation is 2. The molecule has 0 radical (unpaired) electrons. The molecule has 8 heteroatoms. The molecule has 1 aromatic carbocycles. The van der Waals surface area contributed by atoms with Crippen LogP contribution in [-0.2, 0) is 6.54 Å². The second-order valence-corrected chi connectivity index (χ2v) is 5.77. The fraction of sp³-hybridized carbons (Fsp3) is 0.250. The summed E-state index contributed by atoms with van der Waals surface area (Å²) in [6.07, 6.45) is 3.81. The minimum atomic E-state index is -0.309. The Morgan fingerprint density at radius 1 is 1.38 bits per heavy atom. The molecule has 0 aliphatic rings. The second kappa shape index (κ2) is 7.27. The third kappa shape index (κ3) is 3.62. The minimum absolute atomic E-state index is 0.184. The maximum atomic E-state index is 12.5. The lowest BCUT2D eigenvalue weighted by molar-refractivity contribution is 0.0928. The Bertz CT molecular complexity index is 799. The molecule has 2 N–H and O–H groups in total. The molecule has 7 nitrogen and oxygen atoms in total. The number of hydrogen-bond donors (Lipinski definition) is 2. The van der Waals surface area contributed by atoms with E-state index in [1.165, 1.54) is 6.33 Å². The van der Waals surface area contributed by atoms with Gasteiger partial charge in [-0.3, -0.25) is 14.6 Å². The second-order valence-electron chi connectivity index (χ2n) is 5.40. The van der Waals surface area contributed by atoms with Crippen molar-refractivity contribution in [2.45, 2.75) is 25.9 Å². The number of rotatable bonds is 6. The quantitative estimate of drug-likeness (QED) is 0.719. The van der Waals surface area contributed by atoms with E-state index < -0.39 is 0 Å². The monoisotopic (exact) mass is 344 g/mol. The van der Waals surface area contributed by atoms with E-state index in [0.29, 0.717) is 23.7 Å². The number of nitrogens with zero attached hydrogens (tertiary/aromatic N) is 4. The molecule has 0 bridgehead atoms. The van der Waals surface area contributed by atoms with E-state index >= 15 is 0 Å². The number of benzene rings is 1. The molecule has 0 unspecified atom stereocenters. The summed E-state index contributed by atoms with van der Waals surface area (Å²) in [7, 11) is 0. The Kier molecular flexibility index (Phi) is 4.90. The lowest BCUT2D eigenvalue weighted by Crippen LogP contribution is -2.30. The average molecular weight is 345 g/mol. The lowest BCUT2D eigenvalue weighted by Gasteiger charge is -2.18. The molecule has 1 amide bonds. The van der Waals surface area contributed by atoms with Crippen LogP contribution in [0.2, 0.25) is 5.02 Å². The maximum Gasteiger partial charge on any atom is 0.273 e. The normalized spacial score (nSPS) is 12.1. The van der Waals surface area contributed by atoms with Crippen LogP contribution in [0.5, 0.6) is 0 Å². The molecule has 3 aromatic rings. The molecule has 124 valence electrons. The predicted molar refractivity (Wildman–Crippen MR) is 89.6 cm³/mol. The van der Waals surface area contributed by atoms with Crippen molar-refractivity contribution in [3.05, 3.63) is 65.0 Å². The Balaban J connectivity index is 1.76. The molecule has 0 spiro atoms. The first-order chi connectivity index (χ1) is 11.6. The van der Waals surface area contributed by atoms with E-state index in [9.17, 15) is 4.79 Å². The van der Waals surface area contributed by atoms with Crippen LogP contribution in [0.1, 0.15) is 34.2 Å². The minimum Gasteiger partial charge on any atom is -0.344 e. The summed E-state index contributed by atoms with van der Waals surface area (Å²) >= 11 is 6.11. The van der Waals surface area contributed by atoms with Crippen LogP contribution in [0, 0.1) is 6.92 Å². The average Bonchev–Trinajstić information content (AvgIpc) is 3.23. The van der Waals surface area contributed by atoms with E-state index in [-0.39, 0.29) is 17.6 Å². The summed E-state index contributed by atoms with van der Waals surface area (Å²) < 4.78 is 1.73. The number of aromatic nitrogens is 5. The van der Waals surface area contributed by atoms with Gasteiger partial charge < -0.3 is 5.32 Å². The van der Waals surface area contributed by atoms with Crippen molar-refractivity contribution in [1.29, 1.82) is 0 Å². The summed E-state index contributed by atoms with van der Waals surface area (Å²) in [6.45, 7) is 2.40. The van der Waals surface area contributed by atoms with E-state index in [2.05, 4.69) is 25.6 Å². The van der Waals surface area contributed by atoms with Crippen LogP contribution >= 0.6 is 11.6 Å². The Morgan fingerprint density at radius 2 is 2.17 bits per heavy atom. The number of hydrogen-bond acceptors (Lipinski definition) is 4. The van der Waals surface area contributed by atoms with Crippen molar-refractivity contribution in [2.24, 2.45) is 0 Å². The molecule has 24 heavy (non-hydrogen) atoms. The SMILES string of the molecule is Cc1[nH]nc(C(=O)N[C@@H](CCn2cncn2)c2ccccc2)c1Cl. The van der Waals surface area contributed by atoms with E-state index in [4.69, 9.17) is 11.6 Å². The number of aromatic amines is 1. The van der Waals surface area contributed by atoms with Gasteiger partial charge in [0.2, 0.25) is 0 Å². The summed E-state index contributed by atoms with van der Waals surface area (Å²) in [6, 6.07) is 9.59. The van der Waals surface area contributed by atoms with Gasteiger partial charge in [-0.2, -0.15) is 10.2 Å². The molecule has 0 aliphatic carbocycles. The highest BCUT2D eigenvalue weighted by molar-refractivity contribution is 6.34. The number of amides is 1. The van der Waals surface area contributed by atoms with Gasteiger partial charge in [0.05, 0.1) is 16.8 Å². The topological polar surface area (TPSA) is 88.5 Å². The standard InChI is InChI=1S/C16H17ClN6O/c1-11-14(17)15(22-21-11)16(24)20-13(12-5-3-2-4-6-12)7-8-23-10-18-9-19-23/h2-6,9-10,13H,7-8H2,1H3,(H,20,24)(H,21,22)/t13-/m0/s1. The van der Waals surface area contributed by atoms with Crippen molar-refractivity contribution in [1.82, 2.24) is 30.3 Å². The molecule has 0 saturated carbocycles. The van der Waals surface area contributed by atoms with Crippen molar-refractivity contribution in [3.63, 3.8) is 0 Å². The van der Waals surface area contributed by atoms with Gasteiger partial charge in [-0.15, -0.1) is 0 Å². The van der Waals surface area contributed by atoms with Crippen molar-refractivity contribution in [2.75, 3.05) is 0 Å². The van der Waals surface area contributed by atoms with E-state index in [1.54, 1.807) is 17.9 Å². The molecule has 1 atom stereocenters. The zero-order valence-corrected chi connectivity index (χ0v) is 13.9. The number of H-pyrrole nitrogens is 1. The zero-order valence-electron chi connectivity index (χ0n) is 13.1. The zero-order chi connectivity index (χ0) is 16.9. The summed E-state index contributed by atoms with van der Waals surface area (Å²) in [5.41, 5.74) is 1.88. The molecule has 3 rings (SSSR count). The predicted octanol–water partition coefficient (Wildman–Crippen LogP) is 2.52. The summed E-state index contributed by atoms with van der Waals surface area (Å²) in [4.78, 5) is 16.4. The molecular formula is C16H17ClN6O. The van der Waals surface area contributed by atoms with Crippen LogP contribution in [0.4, 0.5) is 0 Å². The van der Waals surface area contributed by atoms with Crippen LogP contribution in [-0.4, -0.2) is 30.9 Å². The summed E-state index contributed by atoms with van der Waals surface area (Å²) in [5.74, 6) is -0.309. The van der Waals surface area contributed by atoms with Gasteiger partial charge in [0, 0.05) is 6.54 Å². The number of nitrogens with one attached hydrogen (secondary N) is 2. The number of carbonyl (C=O) groups is 1. The van der Waals surface area contributed by atoms with Gasteiger partial charge >= 0.3 is 0 Å². The van der Waals surface area contributed by atoms with E-state index in [1.807, 2.05) is 30.3 Å². The molecule has 0 saturated heterocycles. The first-order valence-corrected chi connectivity index (χ1v) is 7.91. The largest absolute Gasteiger partial charge is 0.344 e. The van der Waals surface area contributed by atoms with Gasteiger partial charge in [-0.1, -0.05) is 41.9 Å². The van der Waals surface area contributed by atoms with Crippen molar-refractivity contribution >= 4 is 17.5 Å². The number of carbonyl (C=O) groups excluding carboxylic acids is 1. The van der Waals surface area contributed by atoms with Crippen molar-refractivity contribution < 1.29 is 4.79 Å². The lowest BCUT2D eigenvalue weighted by atomic mass is 10.0.